The van der Waals surface area contributed by atoms with Crippen LogP contribution in [0, 0.1) is 0 Å². The van der Waals surface area contributed by atoms with E-state index < -0.39 is 6.10 Å². The van der Waals surface area contributed by atoms with Crippen molar-refractivity contribution in [3.63, 3.8) is 0 Å². The lowest BCUT2D eigenvalue weighted by Gasteiger charge is -2.20. The topological polar surface area (TPSA) is 29.5 Å². The molecule has 0 bridgehead atoms. The van der Waals surface area contributed by atoms with Crippen LogP contribution in [0.5, 0.6) is 0 Å². The normalized spacial score (nSPS) is 17.5. The molecule has 0 spiro atoms. The molecule has 1 aliphatic rings. The quantitative estimate of drug-likeness (QED) is 0.924. The van der Waals surface area contributed by atoms with Gasteiger partial charge in [0.15, 0.2) is 0 Å². The van der Waals surface area contributed by atoms with Gasteiger partial charge >= 0.3 is 0 Å². The van der Waals surface area contributed by atoms with Crippen LogP contribution in [0.3, 0.4) is 0 Å². The molecule has 1 aromatic carbocycles. The molecule has 2 nitrogen and oxygen atoms in total. The Morgan fingerprint density at radius 1 is 1.38 bits per heavy atom. The van der Waals surface area contributed by atoms with E-state index in [1.54, 1.807) is 0 Å². The zero-order valence-corrected chi connectivity index (χ0v) is 10.6. The van der Waals surface area contributed by atoms with Gasteiger partial charge in [-0.25, -0.2) is 0 Å². The van der Waals surface area contributed by atoms with Crippen molar-refractivity contribution in [2.24, 2.45) is 0 Å². The van der Waals surface area contributed by atoms with E-state index in [-0.39, 0.29) is 0 Å². The van der Waals surface area contributed by atoms with E-state index >= 15 is 0 Å². The Morgan fingerprint density at radius 3 is 2.88 bits per heavy atom. The highest BCUT2D eigenvalue weighted by Gasteiger charge is 2.16. The standard InChI is InChI=1S/C13H15BrO2/c14-11-6-2-1-5-10(11)9-12(15)13-7-3-4-8-16-13/h1-2,5-7,12,15H,3-4,8-9H2. The molecule has 1 N–H and O–H groups in total. The molecular weight excluding hydrogens is 268 g/mol. The summed E-state index contributed by atoms with van der Waals surface area (Å²) in [4.78, 5) is 0. The van der Waals surface area contributed by atoms with Crippen LogP contribution in [0.1, 0.15) is 18.4 Å². The van der Waals surface area contributed by atoms with Crippen molar-refractivity contribution in [2.75, 3.05) is 6.61 Å². The molecule has 0 saturated heterocycles. The number of rotatable bonds is 3. The molecule has 1 atom stereocenters. The first-order valence-electron chi connectivity index (χ1n) is 5.51. The van der Waals surface area contributed by atoms with E-state index in [9.17, 15) is 5.11 Å². The Balaban J connectivity index is 2.04. The maximum absolute atomic E-state index is 10.0. The molecular formula is C13H15BrO2. The third kappa shape index (κ3) is 2.86. The highest BCUT2D eigenvalue weighted by atomic mass is 79.9. The van der Waals surface area contributed by atoms with Crippen molar-refractivity contribution < 1.29 is 9.84 Å². The summed E-state index contributed by atoms with van der Waals surface area (Å²) in [5, 5.41) is 10.0. The lowest BCUT2D eigenvalue weighted by molar-refractivity contribution is 0.0917. The molecule has 1 aliphatic heterocycles. The maximum Gasteiger partial charge on any atom is 0.121 e. The van der Waals surface area contributed by atoms with Crippen molar-refractivity contribution in [1.82, 2.24) is 0 Å². The number of hydrogen-bond donors (Lipinski definition) is 1. The summed E-state index contributed by atoms with van der Waals surface area (Å²) in [6.07, 6.45) is 4.10. The molecule has 0 fully saturated rings. The minimum atomic E-state index is -0.529. The second kappa shape index (κ2) is 5.51. The Bertz CT molecular complexity index is 387. The number of aliphatic hydroxyl groups is 1. The zero-order chi connectivity index (χ0) is 11.4. The molecule has 1 unspecified atom stereocenters. The zero-order valence-electron chi connectivity index (χ0n) is 9.03. The average molecular weight is 283 g/mol. The van der Waals surface area contributed by atoms with Gasteiger partial charge in [-0.2, -0.15) is 0 Å². The highest BCUT2D eigenvalue weighted by molar-refractivity contribution is 9.10. The van der Waals surface area contributed by atoms with Crippen LogP contribution < -0.4 is 0 Å². The number of benzene rings is 1. The summed E-state index contributed by atoms with van der Waals surface area (Å²) < 4.78 is 6.48. The first-order valence-corrected chi connectivity index (χ1v) is 6.31. The van der Waals surface area contributed by atoms with Gasteiger partial charge in [0, 0.05) is 10.9 Å². The first-order chi connectivity index (χ1) is 7.77. The van der Waals surface area contributed by atoms with Gasteiger partial charge in [-0.3, -0.25) is 0 Å². The van der Waals surface area contributed by atoms with E-state index in [2.05, 4.69) is 15.9 Å². The van der Waals surface area contributed by atoms with Crippen molar-refractivity contribution in [2.45, 2.75) is 25.4 Å². The Morgan fingerprint density at radius 2 is 2.19 bits per heavy atom. The second-order valence-electron chi connectivity index (χ2n) is 3.91. The van der Waals surface area contributed by atoms with Crippen molar-refractivity contribution >= 4 is 15.9 Å². The maximum atomic E-state index is 10.0. The van der Waals surface area contributed by atoms with Gasteiger partial charge in [0.2, 0.25) is 0 Å². The van der Waals surface area contributed by atoms with E-state index in [1.165, 1.54) is 0 Å². The van der Waals surface area contributed by atoms with Crippen LogP contribution >= 0.6 is 15.9 Å². The van der Waals surface area contributed by atoms with E-state index in [0.717, 1.165) is 35.2 Å². The van der Waals surface area contributed by atoms with Gasteiger partial charge in [0.25, 0.3) is 0 Å². The molecule has 1 aromatic rings. The summed E-state index contributed by atoms with van der Waals surface area (Å²) in [6.45, 7) is 0.721. The van der Waals surface area contributed by atoms with Crippen LogP contribution in [0.15, 0.2) is 40.6 Å². The van der Waals surface area contributed by atoms with Crippen LogP contribution in [0.25, 0.3) is 0 Å². The fourth-order valence-corrected chi connectivity index (χ4v) is 2.23. The smallest absolute Gasteiger partial charge is 0.121 e. The predicted octanol–water partition coefficient (Wildman–Crippen LogP) is 3.05. The van der Waals surface area contributed by atoms with Crippen LogP contribution in [0.4, 0.5) is 0 Å². The summed E-state index contributed by atoms with van der Waals surface area (Å²) in [5.41, 5.74) is 1.10. The SMILES string of the molecule is OC(Cc1ccccc1Br)C1=CCCCO1. The molecule has 1 heterocycles. The lowest BCUT2D eigenvalue weighted by atomic mass is 10.1. The molecule has 86 valence electrons. The number of ether oxygens (including phenoxy) is 1. The molecule has 0 saturated carbocycles. The minimum Gasteiger partial charge on any atom is -0.495 e. The van der Waals surface area contributed by atoms with E-state index in [4.69, 9.17) is 4.74 Å². The fraction of sp³-hybridized carbons (Fsp3) is 0.385. The molecule has 0 aromatic heterocycles. The predicted molar refractivity (Wildman–Crippen MR) is 67.1 cm³/mol. The lowest BCUT2D eigenvalue weighted by Crippen LogP contribution is -2.19. The molecule has 0 radical (unpaired) electrons. The summed E-state index contributed by atoms with van der Waals surface area (Å²) >= 11 is 3.48. The van der Waals surface area contributed by atoms with Crippen molar-refractivity contribution in [3.05, 3.63) is 46.1 Å². The molecule has 3 heteroatoms. The minimum absolute atomic E-state index is 0.529. The van der Waals surface area contributed by atoms with Gasteiger partial charge in [-0.1, -0.05) is 34.1 Å². The largest absolute Gasteiger partial charge is 0.495 e. The van der Waals surface area contributed by atoms with Gasteiger partial charge in [-0.05, 0) is 30.5 Å². The highest BCUT2D eigenvalue weighted by Crippen LogP contribution is 2.21. The van der Waals surface area contributed by atoms with Gasteiger partial charge in [0.05, 0.1) is 6.61 Å². The van der Waals surface area contributed by atoms with Crippen LogP contribution in [-0.2, 0) is 11.2 Å². The monoisotopic (exact) mass is 282 g/mol. The van der Waals surface area contributed by atoms with Gasteiger partial charge in [-0.15, -0.1) is 0 Å². The van der Waals surface area contributed by atoms with Crippen LogP contribution in [-0.4, -0.2) is 17.8 Å². The van der Waals surface area contributed by atoms with E-state index in [1.807, 2.05) is 30.3 Å². The summed E-state index contributed by atoms with van der Waals surface area (Å²) in [6, 6.07) is 7.94. The Labute approximate surface area is 104 Å². The van der Waals surface area contributed by atoms with Crippen LogP contribution in [0.2, 0.25) is 0 Å². The number of allylic oxidation sites excluding steroid dienone is 1. The third-order valence-electron chi connectivity index (χ3n) is 2.66. The second-order valence-corrected chi connectivity index (χ2v) is 4.76. The fourth-order valence-electron chi connectivity index (χ4n) is 1.78. The average Bonchev–Trinajstić information content (AvgIpc) is 2.33. The van der Waals surface area contributed by atoms with Crippen molar-refractivity contribution in [1.29, 1.82) is 0 Å². The molecule has 2 rings (SSSR count). The molecule has 16 heavy (non-hydrogen) atoms. The Kier molecular flexibility index (Phi) is 4.02. The first kappa shape index (κ1) is 11.7. The van der Waals surface area contributed by atoms with E-state index in [0.29, 0.717) is 6.42 Å². The molecule has 0 aliphatic carbocycles. The molecule has 0 amide bonds. The third-order valence-corrected chi connectivity index (χ3v) is 3.44. The van der Waals surface area contributed by atoms with Gasteiger partial charge in [0.1, 0.15) is 11.9 Å². The Hall–Kier alpha value is -0.800. The number of hydrogen-bond acceptors (Lipinski definition) is 2. The number of halogens is 1. The van der Waals surface area contributed by atoms with Crippen molar-refractivity contribution in [3.8, 4) is 0 Å². The summed E-state index contributed by atoms with van der Waals surface area (Å²) in [5.74, 6) is 0.724. The summed E-state index contributed by atoms with van der Waals surface area (Å²) in [7, 11) is 0. The number of aliphatic hydroxyl groups excluding tert-OH is 1. The van der Waals surface area contributed by atoms with Gasteiger partial charge < -0.3 is 9.84 Å².